The second-order valence-corrected chi connectivity index (χ2v) is 10.5. The molecule has 7 nitrogen and oxygen atoms in total. The highest BCUT2D eigenvalue weighted by atomic mass is 32.2. The summed E-state index contributed by atoms with van der Waals surface area (Å²) in [5.41, 5.74) is 0. The molecule has 1 amide bonds. The highest BCUT2D eigenvalue weighted by molar-refractivity contribution is 7.90. The van der Waals surface area contributed by atoms with Crippen molar-refractivity contribution in [2.75, 3.05) is 51.7 Å². The summed E-state index contributed by atoms with van der Waals surface area (Å²) in [6.07, 6.45) is 8.11. The monoisotopic (exact) mass is 431 g/mol. The third kappa shape index (κ3) is 9.77. The van der Waals surface area contributed by atoms with Gasteiger partial charge in [-0.3, -0.25) is 9.69 Å². The molecule has 1 saturated heterocycles. The van der Waals surface area contributed by atoms with E-state index in [-0.39, 0.29) is 11.9 Å². The smallest absolute Gasteiger partial charge is 0.239 e. The zero-order valence-electron chi connectivity index (χ0n) is 18.4. The van der Waals surface area contributed by atoms with Crippen molar-refractivity contribution in [3.05, 3.63) is 0 Å². The number of ether oxygens (including phenoxy) is 1. The lowest BCUT2D eigenvalue weighted by Gasteiger charge is -2.30. The lowest BCUT2D eigenvalue weighted by Crippen LogP contribution is -2.47. The molecule has 1 aliphatic heterocycles. The van der Waals surface area contributed by atoms with Crippen molar-refractivity contribution in [1.82, 2.24) is 14.5 Å². The Morgan fingerprint density at radius 2 is 1.76 bits per heavy atom. The number of morpholine rings is 1. The number of hydrogen-bond acceptors (Lipinski definition) is 5. The summed E-state index contributed by atoms with van der Waals surface area (Å²) >= 11 is 0. The fourth-order valence-electron chi connectivity index (χ4n) is 4.10. The number of amides is 1. The first-order valence-electron chi connectivity index (χ1n) is 11.5. The van der Waals surface area contributed by atoms with E-state index in [9.17, 15) is 13.2 Å². The quantitative estimate of drug-likeness (QED) is 0.480. The molecule has 0 spiro atoms. The standard InChI is InChI=1S/C21H41N3O4S/c1-3-4-5-6-11-24(13-12-23-14-16-28-17-15-23)21(25)18-29(26,27)22-20-9-7-19(2)8-10-20/h19-20,22H,3-18H2,1-2H3. The van der Waals surface area contributed by atoms with Gasteiger partial charge in [-0.25, -0.2) is 13.1 Å². The van der Waals surface area contributed by atoms with E-state index in [1.165, 1.54) is 0 Å². The molecule has 1 heterocycles. The van der Waals surface area contributed by atoms with E-state index in [1.54, 1.807) is 4.90 Å². The van der Waals surface area contributed by atoms with Crippen LogP contribution in [0.3, 0.4) is 0 Å². The van der Waals surface area contributed by atoms with E-state index in [2.05, 4.69) is 23.5 Å². The maximum absolute atomic E-state index is 12.9. The minimum atomic E-state index is -3.60. The fourth-order valence-corrected chi connectivity index (χ4v) is 5.44. The number of carbonyl (C=O) groups is 1. The van der Waals surface area contributed by atoms with Crippen LogP contribution in [0.15, 0.2) is 0 Å². The molecule has 0 aromatic carbocycles. The highest BCUT2D eigenvalue weighted by Gasteiger charge is 2.27. The van der Waals surface area contributed by atoms with Gasteiger partial charge in [0, 0.05) is 38.8 Å². The molecule has 0 atom stereocenters. The summed E-state index contributed by atoms with van der Waals surface area (Å²) in [6, 6.07) is -0.0182. The number of unbranched alkanes of at least 4 members (excludes halogenated alkanes) is 3. The minimum absolute atomic E-state index is 0.0182. The fraction of sp³-hybridized carbons (Fsp3) is 0.952. The first kappa shape index (κ1) is 24.6. The molecule has 0 radical (unpaired) electrons. The van der Waals surface area contributed by atoms with Crippen LogP contribution >= 0.6 is 0 Å². The molecule has 2 rings (SSSR count). The van der Waals surface area contributed by atoms with Crippen LogP contribution in [0.5, 0.6) is 0 Å². The van der Waals surface area contributed by atoms with E-state index in [0.717, 1.165) is 84.2 Å². The first-order chi connectivity index (χ1) is 13.9. The average Bonchev–Trinajstić information content (AvgIpc) is 2.69. The SMILES string of the molecule is CCCCCCN(CCN1CCOCC1)C(=O)CS(=O)(=O)NC1CCC(C)CC1. The molecule has 2 aliphatic rings. The van der Waals surface area contributed by atoms with Crippen LogP contribution in [0.4, 0.5) is 0 Å². The van der Waals surface area contributed by atoms with Crippen LogP contribution in [0.2, 0.25) is 0 Å². The Hall–Kier alpha value is -0.700. The van der Waals surface area contributed by atoms with Crippen molar-refractivity contribution in [2.24, 2.45) is 5.92 Å². The molecule has 0 aromatic heterocycles. The van der Waals surface area contributed by atoms with Crippen LogP contribution < -0.4 is 4.72 Å². The van der Waals surface area contributed by atoms with Crippen molar-refractivity contribution < 1.29 is 17.9 Å². The first-order valence-corrected chi connectivity index (χ1v) is 13.1. The Balaban J connectivity index is 1.85. The van der Waals surface area contributed by atoms with Gasteiger partial charge in [-0.2, -0.15) is 0 Å². The molecule has 1 saturated carbocycles. The number of sulfonamides is 1. The van der Waals surface area contributed by atoms with Gasteiger partial charge in [0.25, 0.3) is 0 Å². The molecule has 1 N–H and O–H groups in total. The molecule has 2 fully saturated rings. The van der Waals surface area contributed by atoms with Crippen molar-refractivity contribution in [3.8, 4) is 0 Å². The number of carbonyl (C=O) groups excluding carboxylic acids is 1. The third-order valence-corrected chi connectivity index (χ3v) is 7.42. The predicted molar refractivity (Wildman–Crippen MR) is 116 cm³/mol. The Morgan fingerprint density at radius 1 is 1.07 bits per heavy atom. The highest BCUT2D eigenvalue weighted by Crippen LogP contribution is 2.23. The number of hydrogen-bond donors (Lipinski definition) is 1. The summed E-state index contributed by atoms with van der Waals surface area (Å²) < 4.78 is 33.3. The summed E-state index contributed by atoms with van der Waals surface area (Å²) in [4.78, 5) is 16.9. The maximum atomic E-state index is 12.9. The van der Waals surface area contributed by atoms with E-state index in [1.807, 2.05) is 0 Å². The summed E-state index contributed by atoms with van der Waals surface area (Å²) in [6.45, 7) is 9.56. The van der Waals surface area contributed by atoms with Crippen molar-refractivity contribution >= 4 is 15.9 Å². The third-order valence-electron chi connectivity index (χ3n) is 6.10. The Kier molecular flexibility index (Phi) is 10.9. The van der Waals surface area contributed by atoms with Gasteiger partial charge in [0.15, 0.2) is 0 Å². The summed E-state index contributed by atoms with van der Waals surface area (Å²) in [5, 5.41) is 0. The second-order valence-electron chi connectivity index (χ2n) is 8.73. The maximum Gasteiger partial charge on any atom is 0.239 e. The molecule has 0 aromatic rings. The lowest BCUT2D eigenvalue weighted by molar-refractivity contribution is -0.128. The molecule has 0 bridgehead atoms. The number of nitrogens with zero attached hydrogens (tertiary/aromatic N) is 2. The molecular weight excluding hydrogens is 390 g/mol. The molecule has 29 heavy (non-hydrogen) atoms. The Morgan fingerprint density at radius 3 is 2.41 bits per heavy atom. The van der Waals surface area contributed by atoms with Crippen LogP contribution in [-0.4, -0.2) is 81.9 Å². The van der Waals surface area contributed by atoms with E-state index >= 15 is 0 Å². The van der Waals surface area contributed by atoms with Gasteiger partial charge < -0.3 is 9.64 Å². The molecule has 8 heteroatoms. The Labute approximate surface area is 177 Å². The van der Waals surface area contributed by atoms with Gasteiger partial charge in [-0.15, -0.1) is 0 Å². The topological polar surface area (TPSA) is 79.0 Å². The second kappa shape index (κ2) is 12.9. The van der Waals surface area contributed by atoms with Gasteiger partial charge in [-0.05, 0) is 38.0 Å². The van der Waals surface area contributed by atoms with Gasteiger partial charge in [0.05, 0.1) is 13.2 Å². The van der Waals surface area contributed by atoms with E-state index < -0.39 is 15.8 Å². The van der Waals surface area contributed by atoms with E-state index in [0.29, 0.717) is 19.0 Å². The van der Waals surface area contributed by atoms with Crippen molar-refractivity contribution in [1.29, 1.82) is 0 Å². The van der Waals surface area contributed by atoms with Crippen molar-refractivity contribution in [3.63, 3.8) is 0 Å². The number of nitrogens with one attached hydrogen (secondary N) is 1. The zero-order valence-corrected chi connectivity index (χ0v) is 19.2. The van der Waals surface area contributed by atoms with Crippen molar-refractivity contribution in [2.45, 2.75) is 71.3 Å². The summed E-state index contributed by atoms with van der Waals surface area (Å²) in [7, 11) is -3.60. The van der Waals surface area contributed by atoms with Gasteiger partial charge in [0.2, 0.25) is 15.9 Å². The van der Waals surface area contributed by atoms with Crippen LogP contribution in [-0.2, 0) is 19.6 Å². The largest absolute Gasteiger partial charge is 0.379 e. The normalized spacial score (nSPS) is 23.8. The predicted octanol–water partition coefficient (Wildman–Crippen LogP) is 2.23. The Bertz CT molecular complexity index is 570. The average molecular weight is 432 g/mol. The van der Waals surface area contributed by atoms with Crippen LogP contribution in [0.25, 0.3) is 0 Å². The zero-order chi connectivity index (χ0) is 21.1. The molecule has 0 unspecified atom stereocenters. The van der Waals surface area contributed by atoms with Crippen LogP contribution in [0.1, 0.15) is 65.2 Å². The van der Waals surface area contributed by atoms with Gasteiger partial charge in [-0.1, -0.05) is 33.1 Å². The molecular formula is C21H41N3O4S. The molecule has 170 valence electrons. The van der Waals surface area contributed by atoms with Gasteiger partial charge in [0.1, 0.15) is 5.75 Å². The van der Waals surface area contributed by atoms with Gasteiger partial charge >= 0.3 is 0 Å². The lowest BCUT2D eigenvalue weighted by atomic mass is 9.88. The number of rotatable bonds is 12. The minimum Gasteiger partial charge on any atom is -0.379 e. The molecule has 1 aliphatic carbocycles. The van der Waals surface area contributed by atoms with Crippen LogP contribution in [0, 0.1) is 5.92 Å². The summed E-state index contributed by atoms with van der Waals surface area (Å²) in [5.74, 6) is -0.0433. The van der Waals surface area contributed by atoms with E-state index in [4.69, 9.17) is 4.74 Å².